The van der Waals surface area contributed by atoms with Crippen molar-refractivity contribution in [3.05, 3.63) is 61.2 Å². The Morgan fingerprint density at radius 3 is 1.21 bits per heavy atom. The fourth-order valence-electron chi connectivity index (χ4n) is 1.40. The summed E-state index contributed by atoms with van der Waals surface area (Å²) in [6.07, 6.45) is 8.35. The van der Waals surface area contributed by atoms with Crippen molar-refractivity contribution in [2.45, 2.75) is 13.1 Å². The first-order valence-corrected chi connectivity index (χ1v) is 6.82. The minimum absolute atomic E-state index is 1.01. The van der Waals surface area contributed by atoms with Gasteiger partial charge in [0, 0.05) is 24.3 Å². The summed E-state index contributed by atoms with van der Waals surface area (Å²) >= 11 is 0. The number of aryl methyl sites for hydroxylation is 2. The molecule has 0 atom stereocenters. The maximum absolute atomic E-state index is 8.83. The Kier molecular flexibility index (Phi) is 6.34. The minimum atomic E-state index is -4.19. The van der Waals surface area contributed by atoms with Gasteiger partial charge in [-0.1, -0.05) is 12.1 Å². The van der Waals surface area contributed by atoms with Gasteiger partial charge in [-0.25, -0.2) is 0 Å². The molecule has 0 aromatic carbocycles. The molecule has 2 rings (SSSR count). The Bertz CT molecular complexity index is 417. The van der Waals surface area contributed by atoms with E-state index in [0.29, 0.717) is 0 Å². The van der Waals surface area contributed by atoms with Crippen molar-refractivity contribution in [3.8, 4) is 0 Å². The molecule has 19 heavy (non-hydrogen) atoms. The van der Waals surface area contributed by atoms with Gasteiger partial charge in [-0.05, 0) is 0 Å². The zero-order valence-corrected chi connectivity index (χ0v) is 11.0. The molecular formula is C12H17ClN2O4+2. The Hall–Kier alpha value is -1.57. The molecule has 0 radical (unpaired) electrons. The smallest absolute Gasteiger partial charge is 0.198 e. The maximum atomic E-state index is 8.83. The molecule has 6 nitrogen and oxygen atoms in total. The van der Waals surface area contributed by atoms with Crippen LogP contribution in [0.1, 0.15) is 0 Å². The van der Waals surface area contributed by atoms with Crippen molar-refractivity contribution < 1.29 is 38.0 Å². The largest absolute Gasteiger partial charge is 0.206 e. The average molecular weight is 289 g/mol. The summed E-state index contributed by atoms with van der Waals surface area (Å²) in [5.74, 6) is 0. The van der Waals surface area contributed by atoms with E-state index in [4.69, 9.17) is 18.6 Å². The van der Waals surface area contributed by atoms with Gasteiger partial charge in [-0.3, -0.25) is 0 Å². The Morgan fingerprint density at radius 2 is 0.947 bits per heavy atom. The van der Waals surface area contributed by atoms with Crippen LogP contribution in [0, 0.1) is 10.2 Å². The summed E-state index contributed by atoms with van der Waals surface area (Å²) in [6.45, 7) is 2.02. The van der Waals surface area contributed by atoms with Crippen molar-refractivity contribution in [2.24, 2.45) is 0 Å². The summed E-state index contributed by atoms with van der Waals surface area (Å²) in [5, 5.41) is 0. The Balaban J connectivity index is 0.000000312. The van der Waals surface area contributed by atoms with E-state index in [1.54, 1.807) is 0 Å². The molecule has 0 saturated carbocycles. The molecule has 0 aliphatic rings. The summed E-state index contributed by atoms with van der Waals surface area (Å²) in [6, 6.07) is 12.3. The summed E-state index contributed by atoms with van der Waals surface area (Å²) in [5.41, 5.74) is 0. The van der Waals surface area contributed by atoms with E-state index in [-0.39, 0.29) is 0 Å². The third-order valence-electron chi connectivity index (χ3n) is 2.17. The van der Waals surface area contributed by atoms with Gasteiger partial charge < -0.3 is 0 Å². The number of aromatic nitrogens is 2. The van der Waals surface area contributed by atoms with Crippen LogP contribution in [-0.2, 0) is 13.1 Å². The molecule has 0 aliphatic carbocycles. The van der Waals surface area contributed by atoms with Crippen LogP contribution in [0.15, 0.2) is 61.2 Å². The summed E-state index contributed by atoms with van der Waals surface area (Å²) in [4.78, 5) is 0. The van der Waals surface area contributed by atoms with Crippen molar-refractivity contribution in [1.82, 2.24) is 0 Å². The molecule has 0 aliphatic heterocycles. The van der Waals surface area contributed by atoms with Crippen LogP contribution in [0.4, 0.5) is 0 Å². The zero-order valence-electron chi connectivity index (χ0n) is 10.2. The number of halogens is 1. The topological polar surface area (TPSA) is 91.5 Å². The Labute approximate surface area is 113 Å². The van der Waals surface area contributed by atoms with Gasteiger partial charge in [0.1, 0.15) is 0 Å². The number of nitrogens with zero attached hydrogens (tertiary/aromatic N) is 2. The van der Waals surface area contributed by atoms with E-state index in [9.17, 15) is 0 Å². The molecule has 0 unspecified atom stereocenters. The zero-order chi connectivity index (χ0) is 14.1. The molecule has 2 heterocycles. The van der Waals surface area contributed by atoms with Crippen LogP contribution in [0.5, 0.6) is 0 Å². The number of hydrogen-bond donors (Lipinski definition) is 3. The predicted octanol–water partition coefficient (Wildman–Crippen LogP) is -1.90. The number of rotatable bonds is 3. The quantitative estimate of drug-likeness (QED) is 0.576. The van der Waals surface area contributed by atoms with Crippen LogP contribution >= 0.6 is 0 Å². The van der Waals surface area contributed by atoms with E-state index < -0.39 is 10.2 Å². The van der Waals surface area contributed by atoms with Crippen LogP contribution in [-0.4, -0.2) is 14.0 Å². The summed E-state index contributed by atoms with van der Waals surface area (Å²) in [7, 11) is -4.19. The van der Waals surface area contributed by atoms with Gasteiger partial charge >= 0.3 is 28.9 Å². The molecule has 104 valence electrons. The normalized spacial score (nSPS) is 11.4. The third-order valence-corrected chi connectivity index (χ3v) is 2.17. The first-order chi connectivity index (χ1) is 8.95. The van der Waals surface area contributed by atoms with Gasteiger partial charge in [0.2, 0.25) is 13.1 Å². The molecule has 0 bridgehead atoms. The second kappa shape index (κ2) is 7.78. The molecule has 0 saturated heterocycles. The molecule has 0 amide bonds. The monoisotopic (exact) mass is 288 g/mol. The second-order valence-electron chi connectivity index (χ2n) is 3.66. The van der Waals surface area contributed by atoms with Gasteiger partial charge in [0.15, 0.2) is 24.8 Å². The average Bonchev–Trinajstić information content (AvgIpc) is 2.37. The summed E-state index contributed by atoms with van der Waals surface area (Å²) < 4.78 is 34.6. The van der Waals surface area contributed by atoms with E-state index in [0.717, 1.165) is 13.1 Å². The van der Waals surface area contributed by atoms with Crippen LogP contribution in [0.25, 0.3) is 0 Å². The van der Waals surface area contributed by atoms with Gasteiger partial charge in [0.25, 0.3) is 0 Å². The fourth-order valence-corrected chi connectivity index (χ4v) is 1.40. The van der Waals surface area contributed by atoms with Crippen molar-refractivity contribution in [3.63, 3.8) is 0 Å². The van der Waals surface area contributed by atoms with Gasteiger partial charge in [-0.15, -0.1) is 0 Å². The van der Waals surface area contributed by atoms with E-state index >= 15 is 0 Å². The number of pyridine rings is 2. The molecule has 0 fully saturated rings. The van der Waals surface area contributed by atoms with Crippen molar-refractivity contribution >= 4 is 0 Å². The first kappa shape index (κ1) is 15.5. The van der Waals surface area contributed by atoms with Crippen LogP contribution in [0.3, 0.4) is 0 Å². The molecule has 2 aromatic heterocycles. The van der Waals surface area contributed by atoms with E-state index in [1.807, 2.05) is 12.1 Å². The van der Waals surface area contributed by atoms with Crippen molar-refractivity contribution in [2.75, 3.05) is 0 Å². The molecule has 3 N–H and O–H groups in total. The minimum Gasteiger partial charge on any atom is -0.198 e. The molecule has 0 spiro atoms. The van der Waals surface area contributed by atoms with Crippen LogP contribution < -0.4 is 13.8 Å². The fraction of sp³-hybridized carbons (Fsp3) is 0.167. The van der Waals surface area contributed by atoms with E-state index in [1.165, 1.54) is 0 Å². The molecular weight excluding hydrogens is 272 g/mol. The standard InChI is InChI=1S/C12H14N2.ClH3O4/c1-3-7-13(8-4-1)11-12-14-9-5-2-6-10-14;2-1(3,4)5/h1-10H,11-12H2;2-4H/q+2;. The van der Waals surface area contributed by atoms with Gasteiger partial charge in [0.05, 0.1) is 0 Å². The first-order valence-electron chi connectivity index (χ1n) is 5.49. The van der Waals surface area contributed by atoms with Crippen molar-refractivity contribution in [1.29, 1.82) is 0 Å². The maximum Gasteiger partial charge on any atom is 0.206 e. The van der Waals surface area contributed by atoms with Crippen LogP contribution in [0.2, 0.25) is 0 Å². The predicted molar refractivity (Wildman–Crippen MR) is 59.9 cm³/mol. The molecule has 2 aromatic rings. The number of hydrogen-bond acceptors (Lipinski definition) is 4. The van der Waals surface area contributed by atoms with E-state index in [2.05, 4.69) is 58.2 Å². The second-order valence-corrected chi connectivity index (χ2v) is 4.53. The third kappa shape index (κ3) is 9.06. The van der Waals surface area contributed by atoms with Gasteiger partial charge in [-0.2, -0.15) is 9.13 Å². The molecule has 7 heteroatoms. The Morgan fingerprint density at radius 1 is 0.684 bits per heavy atom. The SMILES string of the molecule is [O-][Cl+](O)(O)O.c1cc[n+](CC[n+]2ccccc2)cc1.